The fourth-order valence-electron chi connectivity index (χ4n) is 3.89. The van der Waals surface area contributed by atoms with Crippen molar-refractivity contribution in [2.75, 3.05) is 47.1 Å². The standard InChI is InChI=1S/C21H29N3O5.C2H4/c1-4-22-20(14-8-9-29-13-14)24-11-19(25)23-17-7-5-6-16(21(26)28-3)15(12-27-2)10-18(17)24;1-2/h6,10,14H,4-5,7-9,11-13H2,1-3H3,(H,23,25);1-2H2/b15-10-,16-6+,22-20?;. The number of methoxy groups -OCH3 is 2. The molecule has 0 spiro atoms. The quantitative estimate of drug-likeness (QED) is 0.311. The molecule has 3 aliphatic rings. The van der Waals surface area contributed by atoms with Crippen molar-refractivity contribution in [3.05, 3.63) is 47.9 Å². The maximum Gasteiger partial charge on any atom is 0.337 e. The van der Waals surface area contributed by atoms with Crippen LogP contribution in [0, 0.1) is 5.92 Å². The van der Waals surface area contributed by atoms with E-state index < -0.39 is 5.97 Å². The zero-order chi connectivity index (χ0) is 22.8. The molecule has 1 aliphatic carbocycles. The monoisotopic (exact) mass is 431 g/mol. The van der Waals surface area contributed by atoms with Gasteiger partial charge in [0.2, 0.25) is 5.91 Å². The number of carbonyl (C=O) groups excluding carboxylic acids is 2. The minimum absolute atomic E-state index is 0.0640. The van der Waals surface area contributed by atoms with Crippen molar-refractivity contribution in [3.8, 4) is 0 Å². The summed E-state index contributed by atoms with van der Waals surface area (Å²) in [5.74, 6) is 0.556. The van der Waals surface area contributed by atoms with Gasteiger partial charge in [-0.05, 0) is 37.8 Å². The van der Waals surface area contributed by atoms with Gasteiger partial charge >= 0.3 is 5.97 Å². The number of hydrogen-bond acceptors (Lipinski definition) is 6. The predicted octanol–water partition coefficient (Wildman–Crippen LogP) is 2.35. The Morgan fingerprint density at radius 3 is 2.77 bits per heavy atom. The Kier molecular flexibility index (Phi) is 9.68. The van der Waals surface area contributed by atoms with Crippen LogP contribution in [0.5, 0.6) is 0 Å². The second-order valence-electron chi connectivity index (χ2n) is 7.14. The fraction of sp³-hybridized carbons (Fsp3) is 0.522. The number of esters is 1. The van der Waals surface area contributed by atoms with Gasteiger partial charge in [0, 0.05) is 31.9 Å². The molecule has 0 aromatic heterocycles. The van der Waals surface area contributed by atoms with E-state index in [1.165, 1.54) is 7.11 Å². The van der Waals surface area contributed by atoms with Gasteiger partial charge in [0.05, 0.1) is 31.6 Å². The number of amidine groups is 1. The SMILES string of the molecule is C=C.CCN=C(C1CCOC1)N1CC(=O)NC2=C1/C=C(COC)\C(C(=O)OC)=C/CC2. The van der Waals surface area contributed by atoms with Gasteiger partial charge in [-0.2, -0.15) is 0 Å². The molecule has 1 saturated heterocycles. The van der Waals surface area contributed by atoms with Crippen LogP contribution in [0.2, 0.25) is 0 Å². The van der Waals surface area contributed by atoms with Crippen molar-refractivity contribution in [2.45, 2.75) is 26.2 Å². The smallest absolute Gasteiger partial charge is 0.337 e. The summed E-state index contributed by atoms with van der Waals surface area (Å²) in [6, 6.07) is 0. The number of allylic oxidation sites excluding steroid dienone is 3. The van der Waals surface area contributed by atoms with Crippen molar-refractivity contribution in [1.29, 1.82) is 0 Å². The lowest BCUT2D eigenvalue weighted by Gasteiger charge is -2.36. The molecule has 0 bridgehead atoms. The van der Waals surface area contributed by atoms with E-state index in [-0.39, 0.29) is 25.0 Å². The lowest BCUT2D eigenvalue weighted by atomic mass is 9.96. The van der Waals surface area contributed by atoms with Crippen LogP contribution in [0.25, 0.3) is 0 Å². The van der Waals surface area contributed by atoms with Crippen LogP contribution in [0.4, 0.5) is 0 Å². The number of rotatable bonds is 5. The Labute approximate surface area is 184 Å². The van der Waals surface area contributed by atoms with E-state index in [1.807, 2.05) is 24.0 Å². The average molecular weight is 432 g/mol. The van der Waals surface area contributed by atoms with E-state index in [0.29, 0.717) is 43.7 Å². The second kappa shape index (κ2) is 12.2. The summed E-state index contributed by atoms with van der Waals surface area (Å²) >= 11 is 0. The number of ether oxygens (including phenoxy) is 3. The highest BCUT2D eigenvalue weighted by atomic mass is 16.5. The molecular formula is C23H33N3O5. The van der Waals surface area contributed by atoms with Crippen LogP contribution < -0.4 is 5.32 Å². The topological polar surface area (TPSA) is 89.5 Å². The molecule has 2 heterocycles. The molecule has 31 heavy (non-hydrogen) atoms. The molecule has 8 heteroatoms. The van der Waals surface area contributed by atoms with E-state index >= 15 is 0 Å². The molecular weight excluding hydrogens is 398 g/mol. The number of aliphatic imine (C=N–C) groups is 1. The Hall–Kier alpha value is -2.71. The van der Waals surface area contributed by atoms with E-state index in [1.54, 1.807) is 7.11 Å². The Balaban J connectivity index is 0.00000166. The molecule has 1 N–H and O–H groups in total. The summed E-state index contributed by atoms with van der Waals surface area (Å²) in [6.07, 6.45) is 5.85. The third-order valence-electron chi connectivity index (χ3n) is 5.19. The first kappa shape index (κ1) is 24.6. The number of nitrogens with zero attached hydrogens (tertiary/aromatic N) is 2. The summed E-state index contributed by atoms with van der Waals surface area (Å²) in [6.45, 7) is 10.3. The van der Waals surface area contributed by atoms with E-state index in [9.17, 15) is 9.59 Å². The zero-order valence-corrected chi connectivity index (χ0v) is 18.7. The Bertz CT molecular complexity index is 791. The van der Waals surface area contributed by atoms with Gasteiger partial charge in [0.15, 0.2) is 0 Å². The molecule has 1 fully saturated rings. The van der Waals surface area contributed by atoms with Gasteiger partial charge in [-0.25, -0.2) is 4.79 Å². The fourth-order valence-corrected chi connectivity index (χ4v) is 3.89. The molecule has 0 aromatic carbocycles. The summed E-state index contributed by atoms with van der Waals surface area (Å²) < 4.78 is 15.9. The molecule has 0 aromatic rings. The minimum Gasteiger partial charge on any atom is -0.465 e. The zero-order valence-electron chi connectivity index (χ0n) is 18.7. The normalized spacial score (nSPS) is 25.0. The van der Waals surface area contributed by atoms with Crippen LogP contribution in [0.1, 0.15) is 26.2 Å². The van der Waals surface area contributed by atoms with Crippen LogP contribution in [0.3, 0.4) is 0 Å². The van der Waals surface area contributed by atoms with Gasteiger partial charge in [0.1, 0.15) is 12.4 Å². The highest BCUT2D eigenvalue weighted by molar-refractivity contribution is 5.95. The number of hydrogen-bond donors (Lipinski definition) is 1. The number of carbonyl (C=O) groups is 2. The minimum atomic E-state index is -0.393. The van der Waals surface area contributed by atoms with Crippen LogP contribution in [0.15, 0.2) is 52.8 Å². The van der Waals surface area contributed by atoms with Crippen molar-refractivity contribution >= 4 is 17.7 Å². The van der Waals surface area contributed by atoms with Crippen molar-refractivity contribution < 1.29 is 23.8 Å². The number of nitrogens with one attached hydrogen (secondary N) is 1. The van der Waals surface area contributed by atoms with Crippen molar-refractivity contribution in [2.24, 2.45) is 10.9 Å². The molecule has 2 aliphatic heterocycles. The average Bonchev–Trinajstić information content (AvgIpc) is 3.30. The van der Waals surface area contributed by atoms with Crippen LogP contribution in [-0.2, 0) is 23.8 Å². The Morgan fingerprint density at radius 1 is 1.39 bits per heavy atom. The van der Waals surface area contributed by atoms with Crippen molar-refractivity contribution in [1.82, 2.24) is 10.2 Å². The highest BCUT2D eigenvalue weighted by Crippen LogP contribution is 2.29. The first-order valence-electron chi connectivity index (χ1n) is 10.5. The molecule has 1 amide bonds. The maximum absolute atomic E-state index is 12.5. The lowest BCUT2D eigenvalue weighted by Crippen LogP contribution is -2.48. The van der Waals surface area contributed by atoms with Crippen LogP contribution >= 0.6 is 0 Å². The lowest BCUT2D eigenvalue weighted by molar-refractivity contribution is -0.135. The first-order chi connectivity index (χ1) is 15.1. The van der Waals surface area contributed by atoms with E-state index in [4.69, 9.17) is 19.2 Å². The third-order valence-corrected chi connectivity index (χ3v) is 5.19. The van der Waals surface area contributed by atoms with Crippen molar-refractivity contribution in [3.63, 3.8) is 0 Å². The summed E-state index contributed by atoms with van der Waals surface area (Å²) in [4.78, 5) is 31.5. The van der Waals surface area contributed by atoms with Gasteiger partial charge in [-0.1, -0.05) is 6.08 Å². The van der Waals surface area contributed by atoms with Gasteiger partial charge in [-0.3, -0.25) is 9.79 Å². The van der Waals surface area contributed by atoms with Crippen LogP contribution in [-0.4, -0.2) is 69.7 Å². The second-order valence-corrected chi connectivity index (χ2v) is 7.14. The molecule has 170 valence electrons. The summed E-state index contributed by atoms with van der Waals surface area (Å²) in [5, 5.41) is 3.01. The molecule has 3 rings (SSSR count). The molecule has 1 atom stereocenters. The maximum atomic E-state index is 12.5. The summed E-state index contributed by atoms with van der Waals surface area (Å²) in [7, 11) is 2.96. The largest absolute Gasteiger partial charge is 0.465 e. The van der Waals surface area contributed by atoms with Gasteiger partial charge in [0.25, 0.3) is 0 Å². The molecule has 0 saturated carbocycles. The third kappa shape index (κ3) is 5.92. The van der Waals surface area contributed by atoms with Gasteiger partial charge in [-0.15, -0.1) is 13.2 Å². The van der Waals surface area contributed by atoms with E-state index in [0.717, 1.165) is 23.7 Å². The molecule has 8 nitrogen and oxygen atoms in total. The van der Waals surface area contributed by atoms with E-state index in [2.05, 4.69) is 18.5 Å². The first-order valence-corrected chi connectivity index (χ1v) is 10.5. The Morgan fingerprint density at radius 2 is 2.16 bits per heavy atom. The molecule has 0 radical (unpaired) electrons. The molecule has 1 unspecified atom stereocenters. The predicted molar refractivity (Wildman–Crippen MR) is 119 cm³/mol. The number of amides is 1. The highest BCUT2D eigenvalue weighted by Gasteiger charge is 2.33. The van der Waals surface area contributed by atoms with Gasteiger partial charge < -0.3 is 24.4 Å². The summed E-state index contributed by atoms with van der Waals surface area (Å²) in [5.41, 5.74) is 2.89.